The van der Waals surface area contributed by atoms with Crippen LogP contribution in [0.3, 0.4) is 0 Å². The van der Waals surface area contributed by atoms with Crippen LogP contribution in [-0.2, 0) is 4.74 Å². The number of hydrogen-bond acceptors (Lipinski definition) is 5. The van der Waals surface area contributed by atoms with Crippen molar-refractivity contribution in [2.24, 2.45) is 0 Å². The largest absolute Gasteiger partial charge is 0.497 e. The Bertz CT molecular complexity index is 794. The Hall–Kier alpha value is -3.22. The summed E-state index contributed by atoms with van der Waals surface area (Å²) in [4.78, 5) is 25.9. The molecular weight excluding hydrogens is 360 g/mol. The maximum absolute atomic E-state index is 12.8. The molecule has 2 rings (SSSR count). The van der Waals surface area contributed by atoms with Crippen LogP contribution in [0.25, 0.3) is 0 Å². The van der Waals surface area contributed by atoms with Gasteiger partial charge in [0.2, 0.25) is 0 Å². The zero-order valence-electron chi connectivity index (χ0n) is 16.4. The Labute approximate surface area is 165 Å². The number of nitrogens with zero attached hydrogens (tertiary/aromatic N) is 1. The number of benzene rings is 2. The van der Waals surface area contributed by atoms with Crippen LogP contribution < -0.4 is 19.7 Å². The van der Waals surface area contributed by atoms with Crippen molar-refractivity contribution in [1.82, 2.24) is 0 Å². The maximum Gasteiger partial charge on any atom is 0.419 e. The number of ether oxygens (including phenoxy) is 3. The van der Waals surface area contributed by atoms with Gasteiger partial charge in [0.25, 0.3) is 0 Å². The van der Waals surface area contributed by atoms with Crippen LogP contribution in [0.4, 0.5) is 21.0 Å². The fourth-order valence-corrected chi connectivity index (χ4v) is 2.50. The smallest absolute Gasteiger partial charge is 0.419 e. The van der Waals surface area contributed by atoms with Gasteiger partial charge in [0.15, 0.2) is 0 Å². The number of carbonyl (C=O) groups is 2. The van der Waals surface area contributed by atoms with Crippen LogP contribution in [-0.4, -0.2) is 32.4 Å². The molecule has 7 heteroatoms. The molecule has 0 spiro atoms. The second kappa shape index (κ2) is 10.8. The first-order valence-electron chi connectivity index (χ1n) is 9.24. The average Bonchev–Trinajstić information content (AvgIpc) is 2.69. The molecular formula is C21H26N2O5. The van der Waals surface area contributed by atoms with Crippen molar-refractivity contribution in [3.8, 4) is 11.5 Å². The molecule has 0 radical (unpaired) electrons. The molecule has 7 nitrogen and oxygen atoms in total. The number of rotatable bonds is 8. The zero-order chi connectivity index (χ0) is 20.4. The average molecular weight is 386 g/mol. The molecule has 2 aromatic rings. The van der Waals surface area contributed by atoms with Gasteiger partial charge >= 0.3 is 12.2 Å². The molecule has 0 aliphatic heterocycles. The Morgan fingerprint density at radius 3 is 2.50 bits per heavy atom. The van der Waals surface area contributed by atoms with Crippen LogP contribution in [0.1, 0.15) is 26.7 Å². The fourth-order valence-electron chi connectivity index (χ4n) is 2.50. The van der Waals surface area contributed by atoms with E-state index in [1.165, 1.54) is 0 Å². The lowest BCUT2D eigenvalue weighted by atomic mass is 10.2. The zero-order valence-corrected chi connectivity index (χ0v) is 16.4. The minimum atomic E-state index is -0.563. The number of nitrogens with one attached hydrogen (secondary N) is 1. The van der Waals surface area contributed by atoms with Gasteiger partial charge in [-0.05, 0) is 37.6 Å². The van der Waals surface area contributed by atoms with Gasteiger partial charge in [0.05, 0.1) is 19.4 Å². The number of amides is 2. The van der Waals surface area contributed by atoms with Gasteiger partial charge in [-0.2, -0.15) is 0 Å². The van der Waals surface area contributed by atoms with Crippen LogP contribution in [0.5, 0.6) is 11.5 Å². The molecule has 0 bridgehead atoms. The van der Waals surface area contributed by atoms with Crippen molar-refractivity contribution in [1.29, 1.82) is 0 Å². The summed E-state index contributed by atoms with van der Waals surface area (Å²) >= 11 is 0. The normalized spacial score (nSPS) is 10.1. The molecule has 2 aromatic carbocycles. The van der Waals surface area contributed by atoms with E-state index in [4.69, 9.17) is 14.2 Å². The van der Waals surface area contributed by atoms with E-state index in [1.54, 1.807) is 49.3 Å². The standard InChI is InChI=1S/C21H26N2O5/c1-4-6-13-23(17-10-8-11-18(15-17)26-3)21(25)28-19-12-7-9-16(14-19)22-20(24)27-5-2/h7-12,14-15H,4-6,13H2,1-3H3,(H,22,24). The first-order valence-corrected chi connectivity index (χ1v) is 9.24. The lowest BCUT2D eigenvalue weighted by Gasteiger charge is -2.22. The molecule has 0 fully saturated rings. The van der Waals surface area contributed by atoms with E-state index in [1.807, 2.05) is 18.2 Å². The van der Waals surface area contributed by atoms with Gasteiger partial charge in [0, 0.05) is 24.4 Å². The van der Waals surface area contributed by atoms with Gasteiger partial charge in [0.1, 0.15) is 11.5 Å². The number of methoxy groups -OCH3 is 1. The molecule has 0 saturated carbocycles. The number of unbranched alkanes of at least 4 members (excludes halogenated alkanes) is 1. The Kier molecular flexibility index (Phi) is 8.14. The number of carbonyl (C=O) groups excluding carboxylic acids is 2. The van der Waals surface area contributed by atoms with Crippen LogP contribution in [0, 0.1) is 0 Å². The third kappa shape index (κ3) is 6.19. The highest BCUT2D eigenvalue weighted by Gasteiger charge is 2.18. The van der Waals surface area contributed by atoms with Crippen molar-refractivity contribution in [3.63, 3.8) is 0 Å². The molecule has 0 heterocycles. The van der Waals surface area contributed by atoms with Crippen molar-refractivity contribution in [3.05, 3.63) is 48.5 Å². The van der Waals surface area contributed by atoms with Crippen molar-refractivity contribution in [2.45, 2.75) is 26.7 Å². The van der Waals surface area contributed by atoms with E-state index in [2.05, 4.69) is 12.2 Å². The minimum Gasteiger partial charge on any atom is -0.497 e. The molecule has 0 saturated heterocycles. The van der Waals surface area contributed by atoms with E-state index in [9.17, 15) is 9.59 Å². The summed E-state index contributed by atoms with van der Waals surface area (Å²) in [5.41, 5.74) is 1.17. The summed E-state index contributed by atoms with van der Waals surface area (Å²) in [6.07, 6.45) is 0.700. The Balaban J connectivity index is 2.15. The van der Waals surface area contributed by atoms with Crippen molar-refractivity contribution >= 4 is 23.6 Å². The lowest BCUT2D eigenvalue weighted by Crippen LogP contribution is -2.34. The molecule has 0 aliphatic rings. The topological polar surface area (TPSA) is 77.1 Å². The van der Waals surface area contributed by atoms with Crippen LogP contribution in [0.15, 0.2) is 48.5 Å². The molecule has 0 aliphatic carbocycles. The van der Waals surface area contributed by atoms with E-state index >= 15 is 0 Å². The summed E-state index contributed by atoms with van der Waals surface area (Å²) < 4.78 is 15.6. The van der Waals surface area contributed by atoms with E-state index in [0.29, 0.717) is 29.4 Å². The van der Waals surface area contributed by atoms with Crippen LogP contribution >= 0.6 is 0 Å². The Morgan fingerprint density at radius 1 is 1.04 bits per heavy atom. The molecule has 2 amide bonds. The molecule has 0 atom stereocenters. The fraction of sp³-hybridized carbons (Fsp3) is 0.333. The molecule has 1 N–H and O–H groups in total. The summed E-state index contributed by atoms with van der Waals surface area (Å²) in [6.45, 7) is 4.57. The first kappa shape index (κ1) is 21.1. The van der Waals surface area contributed by atoms with E-state index < -0.39 is 12.2 Å². The first-order chi connectivity index (χ1) is 13.6. The predicted molar refractivity (Wildman–Crippen MR) is 108 cm³/mol. The number of hydrogen-bond donors (Lipinski definition) is 1. The quantitative estimate of drug-likeness (QED) is 0.685. The second-order valence-electron chi connectivity index (χ2n) is 5.95. The SMILES string of the molecule is CCCCN(C(=O)Oc1cccc(NC(=O)OCC)c1)c1cccc(OC)c1. The Morgan fingerprint density at radius 2 is 1.79 bits per heavy atom. The minimum absolute atomic E-state index is 0.271. The monoisotopic (exact) mass is 386 g/mol. The van der Waals surface area contributed by atoms with Gasteiger partial charge in [-0.25, -0.2) is 9.59 Å². The summed E-state index contributed by atoms with van der Waals surface area (Å²) in [7, 11) is 1.58. The highest BCUT2D eigenvalue weighted by atomic mass is 16.6. The highest BCUT2D eigenvalue weighted by Crippen LogP contribution is 2.24. The summed E-state index contributed by atoms with van der Waals surface area (Å²) in [5, 5.41) is 2.58. The number of anilines is 2. The molecule has 28 heavy (non-hydrogen) atoms. The van der Waals surface area contributed by atoms with E-state index in [-0.39, 0.29) is 6.61 Å². The third-order valence-electron chi connectivity index (χ3n) is 3.88. The summed E-state index contributed by atoms with van der Waals surface area (Å²) in [6, 6.07) is 13.9. The van der Waals surface area contributed by atoms with Gasteiger partial charge in [-0.15, -0.1) is 0 Å². The predicted octanol–water partition coefficient (Wildman–Crippen LogP) is 5.07. The summed E-state index contributed by atoms with van der Waals surface area (Å²) in [5.74, 6) is 0.983. The highest BCUT2D eigenvalue weighted by molar-refractivity contribution is 5.90. The van der Waals surface area contributed by atoms with Gasteiger partial charge < -0.3 is 14.2 Å². The van der Waals surface area contributed by atoms with E-state index in [0.717, 1.165) is 12.8 Å². The third-order valence-corrected chi connectivity index (χ3v) is 3.88. The van der Waals surface area contributed by atoms with Gasteiger partial charge in [-0.1, -0.05) is 25.5 Å². The molecule has 0 aromatic heterocycles. The maximum atomic E-state index is 12.8. The second-order valence-corrected chi connectivity index (χ2v) is 5.95. The molecule has 0 unspecified atom stereocenters. The van der Waals surface area contributed by atoms with Crippen molar-refractivity contribution in [2.75, 3.05) is 30.5 Å². The lowest BCUT2D eigenvalue weighted by molar-refractivity contribution is 0.168. The van der Waals surface area contributed by atoms with Crippen LogP contribution in [0.2, 0.25) is 0 Å². The van der Waals surface area contributed by atoms with Gasteiger partial charge in [-0.3, -0.25) is 10.2 Å². The molecule has 150 valence electrons. The van der Waals surface area contributed by atoms with Crippen molar-refractivity contribution < 1.29 is 23.8 Å².